The van der Waals surface area contributed by atoms with Gasteiger partial charge in [0.05, 0.1) is 30.5 Å². The molecule has 2 aromatic carbocycles. The first kappa shape index (κ1) is 31.6. The van der Waals surface area contributed by atoms with Crippen molar-refractivity contribution >= 4 is 18.1 Å². The Balaban J connectivity index is 1.68. The molecule has 0 bridgehead atoms. The molecule has 42 heavy (non-hydrogen) atoms. The molecular formula is C29H27ClF6N2O4. The van der Waals surface area contributed by atoms with Crippen LogP contribution in [0.3, 0.4) is 0 Å². The zero-order valence-corrected chi connectivity index (χ0v) is 23.2. The second-order valence-electron chi connectivity index (χ2n) is 10.1. The summed E-state index contributed by atoms with van der Waals surface area (Å²) in [6.45, 7) is 1.34. The average molecular weight is 617 g/mol. The molecule has 0 amide bonds. The van der Waals surface area contributed by atoms with Gasteiger partial charge in [0, 0.05) is 29.1 Å². The molecule has 0 saturated heterocycles. The number of carbonyl (C=O) groups is 1. The summed E-state index contributed by atoms with van der Waals surface area (Å²) in [5.41, 5.74) is -1.34. The van der Waals surface area contributed by atoms with Gasteiger partial charge in [-0.2, -0.15) is 26.3 Å². The predicted octanol–water partition coefficient (Wildman–Crippen LogP) is 6.86. The number of pyridine rings is 1. The molecule has 1 heterocycles. The zero-order chi connectivity index (χ0) is 30.9. The number of aromatic nitrogens is 1. The summed E-state index contributed by atoms with van der Waals surface area (Å²) in [7, 11) is 1.49. The highest BCUT2D eigenvalue weighted by Crippen LogP contribution is 2.49. The van der Waals surface area contributed by atoms with Crippen LogP contribution >= 0.6 is 11.6 Å². The Morgan fingerprint density at radius 2 is 1.67 bits per heavy atom. The number of benzene rings is 2. The summed E-state index contributed by atoms with van der Waals surface area (Å²) >= 11 is 6.17. The number of hydrogen-bond acceptors (Lipinski definition) is 6. The number of nitrogens with one attached hydrogen (secondary N) is 1. The van der Waals surface area contributed by atoms with E-state index in [0.29, 0.717) is 34.7 Å². The Hall–Kier alpha value is -3.35. The molecule has 0 radical (unpaired) electrons. The number of aliphatic hydroxyl groups is 1. The number of nitrogens with zero attached hydrogens (tertiary/aromatic N) is 1. The predicted molar refractivity (Wildman–Crippen MR) is 142 cm³/mol. The van der Waals surface area contributed by atoms with Crippen LogP contribution in [-0.4, -0.2) is 36.3 Å². The van der Waals surface area contributed by atoms with Crippen LogP contribution in [0.25, 0.3) is 11.1 Å². The number of methoxy groups -OCH3 is 1. The van der Waals surface area contributed by atoms with E-state index in [9.17, 15) is 36.2 Å². The monoisotopic (exact) mass is 616 g/mol. The van der Waals surface area contributed by atoms with Gasteiger partial charge in [0.15, 0.2) is 0 Å². The minimum absolute atomic E-state index is 0.00575. The van der Waals surface area contributed by atoms with E-state index in [-0.39, 0.29) is 36.3 Å². The van der Waals surface area contributed by atoms with Crippen molar-refractivity contribution in [2.75, 3.05) is 13.7 Å². The molecule has 226 valence electrons. The number of hydrogen-bond donors (Lipinski definition) is 2. The highest BCUT2D eigenvalue weighted by molar-refractivity contribution is 6.29. The van der Waals surface area contributed by atoms with Gasteiger partial charge >= 0.3 is 12.4 Å². The highest BCUT2D eigenvalue weighted by Gasteiger charge is 2.44. The van der Waals surface area contributed by atoms with Crippen molar-refractivity contribution in [1.82, 2.24) is 10.3 Å². The van der Waals surface area contributed by atoms with Crippen molar-refractivity contribution in [1.29, 1.82) is 0 Å². The topological polar surface area (TPSA) is 80.7 Å². The molecule has 13 heteroatoms. The maximum absolute atomic E-state index is 13.5. The van der Waals surface area contributed by atoms with Gasteiger partial charge in [-0.15, -0.1) is 0 Å². The third-order valence-corrected chi connectivity index (χ3v) is 7.60. The smallest absolute Gasteiger partial charge is 0.416 e. The summed E-state index contributed by atoms with van der Waals surface area (Å²) in [5, 5.41) is 13.0. The molecule has 1 fully saturated rings. The zero-order valence-electron chi connectivity index (χ0n) is 22.4. The summed E-state index contributed by atoms with van der Waals surface area (Å²) in [5.74, 6) is 0.511. The Morgan fingerprint density at radius 1 is 1.02 bits per heavy atom. The maximum atomic E-state index is 13.5. The highest BCUT2D eigenvalue weighted by atomic mass is 35.5. The molecule has 0 spiro atoms. The first-order chi connectivity index (χ1) is 19.7. The van der Waals surface area contributed by atoms with Crippen LogP contribution in [-0.2, 0) is 33.8 Å². The van der Waals surface area contributed by atoms with Crippen LogP contribution in [0.5, 0.6) is 5.75 Å². The molecular weight excluding hydrogens is 590 g/mol. The second-order valence-corrected chi connectivity index (χ2v) is 10.5. The van der Waals surface area contributed by atoms with E-state index in [1.54, 1.807) is 18.2 Å². The lowest BCUT2D eigenvalue weighted by molar-refractivity contribution is -0.143. The SMILES string of the molecule is COc1ccc(C2(CO)CC2)cc1-c1ccc(Cl)nc1CNC(C)C(OC=O)c1cc(C(F)(F)F)cc(C(F)(F)F)c1. The molecule has 1 aliphatic rings. The third-order valence-electron chi connectivity index (χ3n) is 7.38. The van der Waals surface area contributed by atoms with Gasteiger partial charge in [-0.1, -0.05) is 17.7 Å². The average Bonchev–Trinajstić information content (AvgIpc) is 3.74. The van der Waals surface area contributed by atoms with Crippen molar-refractivity contribution < 1.29 is 45.7 Å². The van der Waals surface area contributed by atoms with Gasteiger partial charge in [0.2, 0.25) is 0 Å². The first-order valence-corrected chi connectivity index (χ1v) is 13.2. The number of ether oxygens (including phenoxy) is 2. The van der Waals surface area contributed by atoms with Gasteiger partial charge in [-0.3, -0.25) is 4.79 Å². The lowest BCUT2D eigenvalue weighted by atomic mass is 9.92. The lowest BCUT2D eigenvalue weighted by Crippen LogP contribution is -2.34. The van der Waals surface area contributed by atoms with Crippen LogP contribution in [0, 0.1) is 0 Å². The Kier molecular flexibility index (Phi) is 9.10. The van der Waals surface area contributed by atoms with E-state index in [1.165, 1.54) is 14.0 Å². The number of aliphatic hydroxyl groups excluding tert-OH is 1. The van der Waals surface area contributed by atoms with Gasteiger partial charge in [0.1, 0.15) is 17.0 Å². The summed E-state index contributed by atoms with van der Waals surface area (Å²) in [6, 6.07) is 8.89. The quantitative estimate of drug-likeness (QED) is 0.139. The second kappa shape index (κ2) is 12.1. The summed E-state index contributed by atoms with van der Waals surface area (Å²) in [6.07, 6.45) is -10.00. The Bertz CT molecular complexity index is 1410. The van der Waals surface area contributed by atoms with Gasteiger partial charge in [-0.05, 0) is 73.4 Å². The van der Waals surface area contributed by atoms with Crippen LogP contribution in [0.1, 0.15) is 53.8 Å². The van der Waals surface area contributed by atoms with E-state index < -0.39 is 41.2 Å². The van der Waals surface area contributed by atoms with Crippen LogP contribution in [0.15, 0.2) is 48.5 Å². The van der Waals surface area contributed by atoms with Crippen molar-refractivity contribution in [3.05, 3.63) is 81.6 Å². The first-order valence-electron chi connectivity index (χ1n) is 12.8. The van der Waals surface area contributed by atoms with E-state index >= 15 is 0 Å². The summed E-state index contributed by atoms with van der Waals surface area (Å²) < 4.78 is 91.3. The Morgan fingerprint density at radius 3 is 2.19 bits per heavy atom. The van der Waals surface area contributed by atoms with E-state index in [2.05, 4.69) is 10.3 Å². The fourth-order valence-electron chi connectivity index (χ4n) is 4.84. The molecule has 6 nitrogen and oxygen atoms in total. The number of rotatable bonds is 11. The molecule has 2 unspecified atom stereocenters. The number of halogens is 7. The fourth-order valence-corrected chi connectivity index (χ4v) is 5.01. The molecule has 2 N–H and O–H groups in total. The van der Waals surface area contributed by atoms with Gasteiger partial charge < -0.3 is 19.9 Å². The Labute approximate surface area is 242 Å². The number of carbonyl (C=O) groups excluding carboxylic acids is 1. The fraction of sp³-hybridized carbons (Fsp3) is 0.379. The van der Waals surface area contributed by atoms with Crippen LogP contribution < -0.4 is 10.1 Å². The van der Waals surface area contributed by atoms with E-state index in [0.717, 1.165) is 18.4 Å². The summed E-state index contributed by atoms with van der Waals surface area (Å²) in [4.78, 5) is 15.7. The van der Waals surface area contributed by atoms with Gasteiger partial charge in [-0.25, -0.2) is 4.98 Å². The lowest BCUT2D eigenvalue weighted by Gasteiger charge is -2.26. The molecule has 1 aromatic heterocycles. The maximum Gasteiger partial charge on any atom is 0.416 e. The molecule has 1 aliphatic carbocycles. The van der Waals surface area contributed by atoms with Crippen molar-refractivity contribution in [3.8, 4) is 16.9 Å². The van der Waals surface area contributed by atoms with Crippen molar-refractivity contribution in [2.45, 2.75) is 56.2 Å². The van der Waals surface area contributed by atoms with Crippen molar-refractivity contribution in [2.24, 2.45) is 0 Å². The standard InChI is InChI=1S/C29H27ClF6N2O4/c1-16(26(42-15-40)17-9-19(28(31,32)33)11-20(10-17)29(34,35)36)37-13-23-21(4-6-25(30)38-23)22-12-18(3-5-24(22)41-2)27(14-39)7-8-27/h3-6,9-12,15-16,26,37,39H,7-8,13-14H2,1-2H3. The minimum Gasteiger partial charge on any atom is -0.496 e. The van der Waals surface area contributed by atoms with Gasteiger partial charge in [0.25, 0.3) is 6.47 Å². The minimum atomic E-state index is -5.07. The molecule has 4 rings (SSSR count). The van der Waals surface area contributed by atoms with E-state index in [4.69, 9.17) is 21.1 Å². The largest absolute Gasteiger partial charge is 0.496 e. The van der Waals surface area contributed by atoms with E-state index in [1.807, 2.05) is 12.1 Å². The molecule has 1 saturated carbocycles. The van der Waals surface area contributed by atoms with Crippen molar-refractivity contribution in [3.63, 3.8) is 0 Å². The normalized spacial score (nSPS) is 16.0. The third kappa shape index (κ3) is 6.82. The number of alkyl halides is 6. The molecule has 2 atom stereocenters. The molecule has 0 aliphatic heterocycles. The van der Waals surface area contributed by atoms with Crippen LogP contribution in [0.2, 0.25) is 5.15 Å². The van der Waals surface area contributed by atoms with Crippen LogP contribution in [0.4, 0.5) is 26.3 Å². The molecule has 3 aromatic rings.